The van der Waals surface area contributed by atoms with Crippen LogP contribution in [0.25, 0.3) is 10.9 Å². The molecule has 2 aliphatic rings. The van der Waals surface area contributed by atoms with E-state index in [2.05, 4.69) is 0 Å². The molecule has 1 aliphatic carbocycles. The van der Waals surface area contributed by atoms with E-state index < -0.39 is 23.0 Å². The van der Waals surface area contributed by atoms with Crippen molar-refractivity contribution < 1.29 is 4.39 Å². The Hall–Kier alpha value is -2.35. The number of nitrogens with zero attached hydrogens (tertiary/aromatic N) is 3. The number of rotatable bonds is 3. The molecule has 2 aromatic rings. The van der Waals surface area contributed by atoms with E-state index in [0.717, 1.165) is 24.1 Å². The number of nitrogen functional groups attached to an aromatic ring is 1. The fourth-order valence-electron chi connectivity index (χ4n) is 4.28. The third kappa shape index (κ3) is 2.74. The van der Waals surface area contributed by atoms with Gasteiger partial charge < -0.3 is 16.5 Å². The zero-order chi connectivity index (χ0) is 19.7. The van der Waals surface area contributed by atoms with Crippen LogP contribution < -0.4 is 27.7 Å². The molecule has 0 amide bonds. The summed E-state index contributed by atoms with van der Waals surface area (Å²) in [4.78, 5) is 27.1. The van der Waals surface area contributed by atoms with Crippen molar-refractivity contribution in [3.05, 3.63) is 38.5 Å². The summed E-state index contributed by atoms with van der Waals surface area (Å²) in [6, 6.07) is 3.57. The van der Waals surface area contributed by atoms with Gasteiger partial charge in [-0.3, -0.25) is 9.36 Å². The Morgan fingerprint density at radius 2 is 1.85 bits per heavy atom. The van der Waals surface area contributed by atoms with E-state index in [4.69, 9.17) is 11.6 Å². The molecule has 8 heteroatoms. The Kier molecular flexibility index (Phi) is 3.89. The van der Waals surface area contributed by atoms with Crippen molar-refractivity contribution in [1.82, 2.24) is 9.24 Å². The number of halogens is 1. The van der Waals surface area contributed by atoms with Crippen LogP contribution in [0, 0.1) is 12.8 Å². The fraction of sp³-hybridized carbons (Fsp3) is 0.579. The second kappa shape index (κ2) is 5.82. The van der Waals surface area contributed by atoms with Crippen LogP contribution in [-0.2, 0) is 0 Å². The number of alkyl halides is 1. The zero-order valence-electron chi connectivity index (χ0n) is 15.9. The van der Waals surface area contributed by atoms with Crippen LogP contribution in [0.4, 0.5) is 10.1 Å². The predicted octanol–water partition coefficient (Wildman–Crippen LogP) is 1.03. The van der Waals surface area contributed by atoms with Gasteiger partial charge in [0.25, 0.3) is 5.56 Å². The molecular weight excluding hydrogens is 349 g/mol. The van der Waals surface area contributed by atoms with E-state index in [-0.39, 0.29) is 18.5 Å². The van der Waals surface area contributed by atoms with Gasteiger partial charge in [-0.2, -0.15) is 4.68 Å². The smallest absolute Gasteiger partial charge is 0.350 e. The molecule has 2 atom stereocenters. The standard InChI is InChI=1S/C19H26FN5O2/c1-10-15(23-8-13(14(20)9-23)19(2,3)21)7-6-12-16(10)24(11-4-5-11)18(27)25(22)17(12)26/h6-7,11,13-14H,4-5,8-9,21-22H2,1-3H3/t13-,14+/m0/s1. The minimum atomic E-state index is -1.03. The van der Waals surface area contributed by atoms with Gasteiger partial charge in [0.1, 0.15) is 6.17 Å². The summed E-state index contributed by atoms with van der Waals surface area (Å²) in [6.45, 7) is 6.31. The Labute approximate surface area is 156 Å². The Morgan fingerprint density at radius 1 is 1.19 bits per heavy atom. The molecule has 1 aromatic heterocycles. The van der Waals surface area contributed by atoms with E-state index in [1.165, 1.54) is 0 Å². The topological polar surface area (TPSA) is 99.3 Å². The second-order valence-corrected chi connectivity index (χ2v) is 8.51. The summed E-state index contributed by atoms with van der Waals surface area (Å²) in [5, 5.41) is 0.414. The van der Waals surface area contributed by atoms with E-state index in [9.17, 15) is 14.0 Å². The molecule has 0 radical (unpaired) electrons. The second-order valence-electron chi connectivity index (χ2n) is 8.51. The first-order valence-corrected chi connectivity index (χ1v) is 9.35. The Bertz CT molecular complexity index is 1030. The highest BCUT2D eigenvalue weighted by atomic mass is 19.1. The van der Waals surface area contributed by atoms with Gasteiger partial charge in [-0.25, -0.2) is 9.18 Å². The van der Waals surface area contributed by atoms with Gasteiger partial charge in [-0.15, -0.1) is 0 Å². The lowest BCUT2D eigenvalue weighted by Gasteiger charge is -2.28. The summed E-state index contributed by atoms with van der Waals surface area (Å²) < 4.78 is 16.9. The number of nitrogens with two attached hydrogens (primary N) is 2. The molecule has 0 unspecified atom stereocenters. The van der Waals surface area contributed by atoms with Crippen LogP contribution in [0.15, 0.2) is 21.7 Å². The van der Waals surface area contributed by atoms with Crippen LogP contribution in [-0.4, -0.2) is 34.0 Å². The molecular formula is C19H26FN5O2. The summed E-state index contributed by atoms with van der Waals surface area (Å²) in [5.41, 5.74) is 6.77. The van der Waals surface area contributed by atoms with Crippen molar-refractivity contribution in [3.63, 3.8) is 0 Å². The highest BCUT2D eigenvalue weighted by Gasteiger charge is 2.41. The number of aryl methyl sites for hydroxylation is 1. The molecule has 2 fully saturated rings. The molecule has 7 nitrogen and oxygen atoms in total. The minimum absolute atomic E-state index is 0.0626. The van der Waals surface area contributed by atoms with E-state index in [1.54, 1.807) is 10.6 Å². The number of benzene rings is 1. The third-order valence-electron chi connectivity index (χ3n) is 5.96. The maximum Gasteiger partial charge on any atom is 0.350 e. The van der Waals surface area contributed by atoms with Crippen molar-refractivity contribution in [3.8, 4) is 0 Å². The average molecular weight is 375 g/mol. The first-order valence-electron chi connectivity index (χ1n) is 9.35. The quantitative estimate of drug-likeness (QED) is 0.781. The monoisotopic (exact) mass is 375 g/mol. The molecule has 1 saturated carbocycles. The zero-order valence-corrected chi connectivity index (χ0v) is 15.9. The van der Waals surface area contributed by atoms with E-state index in [1.807, 2.05) is 31.7 Å². The first kappa shape index (κ1) is 18.0. The Morgan fingerprint density at radius 3 is 2.41 bits per heavy atom. The lowest BCUT2D eigenvalue weighted by molar-refractivity contribution is 0.208. The average Bonchev–Trinajstić information content (AvgIpc) is 3.34. The van der Waals surface area contributed by atoms with Crippen LogP contribution in [0.3, 0.4) is 0 Å². The number of aromatic nitrogens is 2. The SMILES string of the molecule is Cc1c(N2C[C@@H](F)[C@@H](C(C)(C)N)C2)ccc2c(=O)n(N)c(=O)n(C3CC3)c12. The summed E-state index contributed by atoms with van der Waals surface area (Å²) in [5.74, 6) is 5.42. The summed E-state index contributed by atoms with van der Waals surface area (Å²) >= 11 is 0. The number of hydrogen-bond acceptors (Lipinski definition) is 5. The third-order valence-corrected chi connectivity index (χ3v) is 5.96. The predicted molar refractivity (Wildman–Crippen MR) is 104 cm³/mol. The van der Waals surface area contributed by atoms with Crippen molar-refractivity contribution in [2.75, 3.05) is 23.8 Å². The van der Waals surface area contributed by atoms with Gasteiger partial charge in [0, 0.05) is 36.3 Å². The lowest BCUT2D eigenvalue weighted by Crippen LogP contribution is -2.45. The maximum absolute atomic E-state index is 14.6. The molecule has 1 saturated heterocycles. The molecule has 1 aliphatic heterocycles. The minimum Gasteiger partial charge on any atom is -0.368 e. The fourth-order valence-corrected chi connectivity index (χ4v) is 4.28. The first-order chi connectivity index (χ1) is 12.6. The van der Waals surface area contributed by atoms with Crippen LogP contribution in [0.5, 0.6) is 0 Å². The van der Waals surface area contributed by atoms with E-state index >= 15 is 0 Å². The van der Waals surface area contributed by atoms with Crippen LogP contribution >= 0.6 is 0 Å². The highest BCUT2D eigenvalue weighted by molar-refractivity contribution is 5.87. The molecule has 2 heterocycles. The normalized spacial score (nSPS) is 23.4. The van der Waals surface area contributed by atoms with Crippen molar-refractivity contribution in [1.29, 1.82) is 0 Å². The Balaban J connectivity index is 1.89. The van der Waals surface area contributed by atoms with Gasteiger partial charge in [0.05, 0.1) is 10.9 Å². The maximum atomic E-state index is 14.6. The molecule has 1 aromatic carbocycles. The highest BCUT2D eigenvalue weighted by Crippen LogP contribution is 2.39. The summed E-state index contributed by atoms with van der Waals surface area (Å²) in [7, 11) is 0. The van der Waals surface area contributed by atoms with Crippen LogP contribution in [0.1, 0.15) is 38.3 Å². The van der Waals surface area contributed by atoms with Crippen molar-refractivity contribution >= 4 is 16.6 Å². The molecule has 4 rings (SSSR count). The van der Waals surface area contributed by atoms with Gasteiger partial charge in [-0.05, 0) is 51.3 Å². The number of fused-ring (bicyclic) bond motifs is 1. The van der Waals surface area contributed by atoms with Gasteiger partial charge in [-0.1, -0.05) is 0 Å². The molecule has 0 bridgehead atoms. The van der Waals surface area contributed by atoms with Crippen LogP contribution in [0.2, 0.25) is 0 Å². The van der Waals surface area contributed by atoms with Gasteiger partial charge in [0.2, 0.25) is 0 Å². The molecule has 146 valence electrons. The number of hydrogen-bond donors (Lipinski definition) is 2. The molecule has 4 N–H and O–H groups in total. The lowest BCUT2D eigenvalue weighted by atomic mass is 9.87. The largest absolute Gasteiger partial charge is 0.368 e. The summed E-state index contributed by atoms with van der Waals surface area (Å²) in [6.07, 6.45) is 0.746. The molecule has 0 spiro atoms. The number of anilines is 1. The van der Waals surface area contributed by atoms with Crippen molar-refractivity contribution in [2.24, 2.45) is 11.7 Å². The van der Waals surface area contributed by atoms with E-state index in [0.29, 0.717) is 22.1 Å². The molecule has 27 heavy (non-hydrogen) atoms. The van der Waals surface area contributed by atoms with Gasteiger partial charge >= 0.3 is 5.69 Å². The van der Waals surface area contributed by atoms with Crippen molar-refractivity contribution in [2.45, 2.75) is 51.4 Å². The van der Waals surface area contributed by atoms with Gasteiger partial charge in [0.15, 0.2) is 0 Å².